The van der Waals surface area contributed by atoms with E-state index in [4.69, 9.17) is 14.2 Å². The molecule has 4 aromatic carbocycles. The van der Waals surface area contributed by atoms with E-state index < -0.39 is 11.5 Å². The average molecular weight is 729 g/mol. The molecule has 6 bridgehead atoms. The molecule has 0 saturated heterocycles. The lowest BCUT2D eigenvalue weighted by atomic mass is 9.65. The normalized spacial score (nSPS) is 20.2. The van der Waals surface area contributed by atoms with Gasteiger partial charge in [0.05, 0.1) is 7.11 Å². The van der Waals surface area contributed by atoms with Crippen LogP contribution in [0.3, 0.4) is 0 Å². The van der Waals surface area contributed by atoms with Crippen LogP contribution < -0.4 is 9.47 Å². The maximum atomic E-state index is 13.7. The molecule has 0 unspecified atom stereocenters. The highest BCUT2D eigenvalue weighted by atomic mass is 16.5. The van der Waals surface area contributed by atoms with E-state index in [2.05, 4.69) is 49.3 Å². The van der Waals surface area contributed by atoms with Crippen LogP contribution in [0, 0.1) is 23.4 Å². The van der Waals surface area contributed by atoms with Crippen molar-refractivity contribution < 1.29 is 34.3 Å². The summed E-state index contributed by atoms with van der Waals surface area (Å²) in [5.41, 5.74) is 4.35. The number of fused-ring (bicyclic) bond motifs is 9. The molecular formula is C47H52O7. The molecule has 1 aliphatic carbocycles. The molecule has 0 radical (unpaired) electrons. The lowest BCUT2D eigenvalue weighted by Crippen LogP contribution is -2.36. The largest absolute Gasteiger partial charge is 0.508 e. The Morgan fingerprint density at radius 3 is 2.59 bits per heavy atom. The van der Waals surface area contributed by atoms with Crippen LogP contribution in [0.2, 0.25) is 0 Å². The summed E-state index contributed by atoms with van der Waals surface area (Å²) in [4.78, 5) is 13.7. The fourth-order valence-corrected chi connectivity index (χ4v) is 8.13. The number of hydrogen-bond acceptors (Lipinski definition) is 7. The lowest BCUT2D eigenvalue weighted by molar-refractivity contribution is -0.121. The van der Waals surface area contributed by atoms with Gasteiger partial charge in [0.1, 0.15) is 36.1 Å². The van der Waals surface area contributed by atoms with Gasteiger partial charge in [-0.25, -0.2) is 0 Å². The molecule has 2 heterocycles. The summed E-state index contributed by atoms with van der Waals surface area (Å²) >= 11 is 0. The fourth-order valence-electron chi connectivity index (χ4n) is 8.13. The zero-order valence-electron chi connectivity index (χ0n) is 31.5. The molecule has 2 aliphatic heterocycles. The Hall–Kier alpha value is -5.19. The quantitative estimate of drug-likeness (QED) is 0.104. The number of carbonyl (C=O) groups excluding carboxylic acids is 1. The Morgan fingerprint density at radius 2 is 1.80 bits per heavy atom. The van der Waals surface area contributed by atoms with Crippen molar-refractivity contribution in [3.63, 3.8) is 0 Å². The number of Topliss-reactive ketones (excluding diaryl/α,β-unsaturated/α-hetero) is 1. The van der Waals surface area contributed by atoms with Crippen molar-refractivity contribution in [3.8, 4) is 29.3 Å². The van der Waals surface area contributed by atoms with Crippen LogP contribution in [0.5, 0.6) is 17.2 Å². The number of phenols is 1. The highest BCUT2D eigenvalue weighted by molar-refractivity contribution is 5.91. The standard InChI is InChI=1S/C47H52O7/c1-3-36-28-44(51)42-14-9-25-53-40(31-47(23-24-48)30-39(50)20-18-37(47)13-8-7-12-33-10-5-4-6-11-33)29-38(49)19-15-34-17-22-45(52-2)46(27-34)54-32-35-16-21-41(42)43(36)26-35/h4-6,10-11,16-18,20-22,26-28,30,37,40,48,50-51H,3,7-8,12-15,19,23-24,29,31-32H2,1-2H3/t37-,40-,47+/m1/s1. The maximum Gasteiger partial charge on any atom is 0.161 e. The minimum absolute atomic E-state index is 0.0305. The molecular weight excluding hydrogens is 677 g/mol. The van der Waals surface area contributed by atoms with Crippen molar-refractivity contribution in [2.75, 3.05) is 13.7 Å². The van der Waals surface area contributed by atoms with Crippen LogP contribution in [0.25, 0.3) is 10.8 Å². The van der Waals surface area contributed by atoms with Crippen LogP contribution in [0.1, 0.15) is 79.7 Å². The Kier molecular flexibility index (Phi) is 13.0. The first-order chi connectivity index (χ1) is 26.3. The van der Waals surface area contributed by atoms with Crippen LogP contribution in [0.15, 0.2) is 96.8 Å². The fraction of sp³-hybridized carbons (Fsp3) is 0.383. The first-order valence-electron chi connectivity index (χ1n) is 19.3. The predicted octanol–water partition coefficient (Wildman–Crippen LogP) is 9.29. The first kappa shape index (κ1) is 38.5. The maximum absolute atomic E-state index is 13.7. The molecule has 0 aromatic heterocycles. The number of aliphatic hydroxyl groups excluding tert-OH is 2. The van der Waals surface area contributed by atoms with Crippen molar-refractivity contribution in [2.24, 2.45) is 11.3 Å². The van der Waals surface area contributed by atoms with Gasteiger partial charge in [0.25, 0.3) is 0 Å². The average Bonchev–Trinajstić information content (AvgIpc) is 3.17. The molecule has 7 rings (SSSR count). The molecule has 0 amide bonds. The number of benzene rings is 4. The van der Waals surface area contributed by atoms with Gasteiger partial charge in [-0.2, -0.15) is 0 Å². The van der Waals surface area contributed by atoms with Gasteiger partial charge in [-0.15, -0.1) is 0 Å². The molecule has 3 aliphatic rings. The molecule has 0 saturated carbocycles. The zero-order chi connectivity index (χ0) is 37.9. The molecule has 7 heteroatoms. The van der Waals surface area contributed by atoms with Crippen LogP contribution >= 0.6 is 0 Å². The number of ketones is 1. The van der Waals surface area contributed by atoms with E-state index in [-0.39, 0.29) is 42.7 Å². The molecule has 4 aromatic rings. The summed E-state index contributed by atoms with van der Waals surface area (Å²) in [6.07, 6.45) is 14.5. The van der Waals surface area contributed by atoms with Crippen LogP contribution in [-0.2, 0) is 41.8 Å². The minimum Gasteiger partial charge on any atom is -0.508 e. The van der Waals surface area contributed by atoms with Crippen LogP contribution in [-0.4, -0.2) is 40.9 Å². The second kappa shape index (κ2) is 18.2. The number of allylic oxidation sites excluding steroid dienone is 3. The third kappa shape index (κ3) is 9.48. The van der Waals surface area contributed by atoms with Gasteiger partial charge in [-0.3, -0.25) is 4.79 Å². The number of rotatable bonds is 11. The van der Waals surface area contributed by atoms with Crippen LogP contribution in [0.4, 0.5) is 0 Å². The highest BCUT2D eigenvalue weighted by Gasteiger charge is 2.40. The van der Waals surface area contributed by atoms with Crippen molar-refractivity contribution in [1.29, 1.82) is 0 Å². The van der Waals surface area contributed by atoms with Gasteiger partial charge in [-0.1, -0.05) is 73.9 Å². The molecule has 3 N–H and O–H groups in total. The van der Waals surface area contributed by atoms with Crippen molar-refractivity contribution >= 4 is 16.6 Å². The van der Waals surface area contributed by atoms with Gasteiger partial charge in [-0.05, 0) is 120 Å². The number of unbranched alkanes of at least 4 members (excludes halogenated alkanes) is 1. The summed E-state index contributed by atoms with van der Waals surface area (Å²) in [5, 5.41) is 34.3. The number of ether oxygens (including phenoxy) is 3. The summed E-state index contributed by atoms with van der Waals surface area (Å²) in [5.74, 6) is 4.75. The molecule has 54 heavy (non-hydrogen) atoms. The monoisotopic (exact) mass is 728 g/mol. The van der Waals surface area contributed by atoms with Gasteiger partial charge >= 0.3 is 0 Å². The second-order valence-corrected chi connectivity index (χ2v) is 14.7. The summed E-state index contributed by atoms with van der Waals surface area (Å²) in [7, 11) is 1.61. The van der Waals surface area contributed by atoms with Gasteiger partial charge < -0.3 is 29.5 Å². The summed E-state index contributed by atoms with van der Waals surface area (Å²) < 4.78 is 18.2. The molecule has 0 spiro atoms. The molecule has 0 fully saturated rings. The van der Waals surface area contributed by atoms with E-state index in [0.29, 0.717) is 49.4 Å². The lowest BCUT2D eigenvalue weighted by Gasteiger charge is -2.41. The number of aliphatic hydroxyl groups is 2. The highest BCUT2D eigenvalue weighted by Crippen LogP contribution is 2.46. The van der Waals surface area contributed by atoms with E-state index in [1.54, 1.807) is 13.2 Å². The topological polar surface area (TPSA) is 105 Å². The Balaban J connectivity index is 1.30. The number of methoxy groups -OCH3 is 1. The number of hydrogen-bond donors (Lipinski definition) is 3. The molecule has 3 atom stereocenters. The van der Waals surface area contributed by atoms with Crippen molar-refractivity contribution in [2.45, 2.75) is 90.3 Å². The Bertz CT molecular complexity index is 2040. The first-order valence-corrected chi connectivity index (χ1v) is 19.3. The predicted molar refractivity (Wildman–Crippen MR) is 213 cm³/mol. The smallest absolute Gasteiger partial charge is 0.161 e. The Morgan fingerprint density at radius 1 is 0.963 bits per heavy atom. The number of aryl methyl sites for hydroxylation is 3. The number of aromatic hydroxyl groups is 1. The molecule has 7 nitrogen and oxygen atoms in total. The van der Waals surface area contributed by atoms with E-state index in [9.17, 15) is 20.1 Å². The van der Waals surface area contributed by atoms with E-state index >= 15 is 0 Å². The van der Waals surface area contributed by atoms with Gasteiger partial charge in [0.2, 0.25) is 0 Å². The minimum atomic E-state index is -0.632. The van der Waals surface area contributed by atoms with Gasteiger partial charge in [0, 0.05) is 36.8 Å². The zero-order valence-corrected chi connectivity index (χ0v) is 31.5. The van der Waals surface area contributed by atoms with E-state index in [1.807, 2.05) is 54.6 Å². The van der Waals surface area contributed by atoms with Crippen molar-refractivity contribution in [1.82, 2.24) is 0 Å². The number of phenolic OH excluding ortho intramolecular Hbond substituents is 1. The van der Waals surface area contributed by atoms with E-state index in [0.717, 1.165) is 59.6 Å². The Labute approximate surface area is 319 Å². The third-order valence-electron chi connectivity index (χ3n) is 11.0. The summed E-state index contributed by atoms with van der Waals surface area (Å²) in [6, 6.07) is 24.2. The van der Waals surface area contributed by atoms with Gasteiger partial charge in [0.15, 0.2) is 11.5 Å². The van der Waals surface area contributed by atoms with E-state index in [1.165, 1.54) is 5.56 Å². The van der Waals surface area contributed by atoms with Crippen molar-refractivity contribution in [3.05, 3.63) is 125 Å². The SMILES string of the molecule is CCc1cc(O)c2c3ccc(cc13)COc1cc(ccc1OC)CCC(=O)C[C@H](C[C@]1(CCO)C=C(O)C=C[C@H]1CCCCc1ccccc1)OC#CC2. The molecule has 282 valence electrons. The number of carbonyl (C=O) groups is 1. The third-order valence-corrected chi connectivity index (χ3v) is 11.0. The second-order valence-electron chi connectivity index (χ2n) is 14.7. The summed E-state index contributed by atoms with van der Waals surface area (Å²) in [6.45, 7) is 2.32.